The van der Waals surface area contributed by atoms with E-state index in [9.17, 15) is 4.79 Å². The van der Waals surface area contributed by atoms with Crippen LogP contribution in [0.5, 0.6) is 0 Å². The van der Waals surface area contributed by atoms with Crippen molar-refractivity contribution in [1.82, 2.24) is 0 Å². The molecule has 4 heteroatoms. The molecule has 0 unspecified atom stereocenters. The Hall–Kier alpha value is -1.71. The molecule has 0 aliphatic carbocycles. The van der Waals surface area contributed by atoms with Crippen molar-refractivity contribution >= 4 is 17.3 Å². The first-order valence-corrected chi connectivity index (χ1v) is 6.43. The molecule has 2 N–H and O–H groups in total. The molecular weight excluding hydrogens is 228 g/mol. The molecule has 0 atom stereocenters. The highest BCUT2D eigenvalue weighted by Gasteiger charge is 2.17. The third-order valence-electron chi connectivity index (χ3n) is 3.05. The second kappa shape index (κ2) is 5.29. The van der Waals surface area contributed by atoms with E-state index in [2.05, 4.69) is 4.90 Å². The number of nitrogens with two attached hydrogens (primary N) is 1. The molecule has 2 rings (SSSR count). The number of nitrogen functional groups attached to an aromatic ring is 1. The molecule has 1 aromatic rings. The minimum absolute atomic E-state index is 0.114. The normalized spacial score (nSPS) is 15.2. The van der Waals surface area contributed by atoms with E-state index in [0.717, 1.165) is 18.8 Å². The molecule has 0 bridgehead atoms. The lowest BCUT2D eigenvalue weighted by atomic mass is 10.1. The average Bonchev–Trinajstić information content (AvgIpc) is 2.81. The number of rotatable bonds is 3. The summed E-state index contributed by atoms with van der Waals surface area (Å²) in [4.78, 5) is 14.0. The summed E-state index contributed by atoms with van der Waals surface area (Å²) in [5.41, 5.74) is 8.21. The molecule has 0 spiro atoms. The van der Waals surface area contributed by atoms with Gasteiger partial charge in [0.15, 0.2) is 0 Å². The van der Waals surface area contributed by atoms with Gasteiger partial charge in [-0.15, -0.1) is 0 Å². The van der Waals surface area contributed by atoms with Crippen molar-refractivity contribution in [3.05, 3.63) is 23.8 Å². The second-order valence-corrected chi connectivity index (χ2v) is 4.92. The number of carbonyl (C=O) groups excluding carboxylic acids is 1. The number of benzene rings is 1. The molecule has 1 heterocycles. The Morgan fingerprint density at radius 3 is 2.56 bits per heavy atom. The SMILES string of the molecule is CC(C)OC(=O)c1ccc(N2CCCC2)c(N)c1. The predicted octanol–water partition coefficient (Wildman–Crippen LogP) is 2.43. The van der Waals surface area contributed by atoms with E-state index in [1.807, 2.05) is 19.9 Å². The number of ether oxygens (including phenoxy) is 1. The van der Waals surface area contributed by atoms with Crippen LogP contribution >= 0.6 is 0 Å². The molecule has 0 radical (unpaired) electrons. The highest BCUT2D eigenvalue weighted by molar-refractivity contribution is 5.92. The minimum Gasteiger partial charge on any atom is -0.459 e. The zero-order chi connectivity index (χ0) is 13.1. The largest absolute Gasteiger partial charge is 0.459 e. The Balaban J connectivity index is 2.16. The van der Waals surface area contributed by atoms with Gasteiger partial charge in [0, 0.05) is 13.1 Å². The fraction of sp³-hybridized carbons (Fsp3) is 0.500. The van der Waals surface area contributed by atoms with Gasteiger partial charge in [-0.1, -0.05) is 0 Å². The molecule has 1 aliphatic heterocycles. The van der Waals surface area contributed by atoms with Gasteiger partial charge in [0.25, 0.3) is 0 Å². The number of hydrogen-bond donors (Lipinski definition) is 1. The maximum Gasteiger partial charge on any atom is 0.338 e. The van der Waals surface area contributed by atoms with Crippen LogP contribution in [0.15, 0.2) is 18.2 Å². The van der Waals surface area contributed by atoms with Crippen molar-refractivity contribution < 1.29 is 9.53 Å². The lowest BCUT2D eigenvalue weighted by Gasteiger charge is -2.20. The summed E-state index contributed by atoms with van der Waals surface area (Å²) in [7, 11) is 0. The average molecular weight is 248 g/mol. The lowest BCUT2D eigenvalue weighted by molar-refractivity contribution is 0.0378. The van der Waals surface area contributed by atoms with Crippen LogP contribution in [-0.4, -0.2) is 25.2 Å². The highest BCUT2D eigenvalue weighted by Crippen LogP contribution is 2.27. The van der Waals surface area contributed by atoms with Crippen LogP contribution in [0.2, 0.25) is 0 Å². The Bertz CT molecular complexity index is 437. The summed E-state index contributed by atoms with van der Waals surface area (Å²) < 4.78 is 5.15. The van der Waals surface area contributed by atoms with Crippen LogP contribution in [0.25, 0.3) is 0 Å². The van der Waals surface area contributed by atoms with Crippen molar-refractivity contribution in [3.63, 3.8) is 0 Å². The summed E-state index contributed by atoms with van der Waals surface area (Å²) >= 11 is 0. The highest BCUT2D eigenvalue weighted by atomic mass is 16.5. The van der Waals surface area contributed by atoms with E-state index >= 15 is 0 Å². The number of carbonyl (C=O) groups is 1. The van der Waals surface area contributed by atoms with Gasteiger partial charge in [0.05, 0.1) is 23.0 Å². The summed E-state index contributed by atoms with van der Waals surface area (Å²) in [6, 6.07) is 5.41. The maximum absolute atomic E-state index is 11.7. The Morgan fingerprint density at radius 1 is 1.33 bits per heavy atom. The van der Waals surface area contributed by atoms with Crippen molar-refractivity contribution in [2.75, 3.05) is 23.7 Å². The van der Waals surface area contributed by atoms with Crippen LogP contribution < -0.4 is 10.6 Å². The van der Waals surface area contributed by atoms with E-state index in [4.69, 9.17) is 10.5 Å². The first-order valence-electron chi connectivity index (χ1n) is 6.43. The van der Waals surface area contributed by atoms with E-state index in [1.54, 1.807) is 12.1 Å². The molecule has 0 saturated carbocycles. The quantitative estimate of drug-likeness (QED) is 0.659. The van der Waals surface area contributed by atoms with Crippen molar-refractivity contribution in [2.24, 2.45) is 0 Å². The molecule has 18 heavy (non-hydrogen) atoms. The lowest BCUT2D eigenvalue weighted by Crippen LogP contribution is -2.19. The third-order valence-corrected chi connectivity index (χ3v) is 3.05. The van der Waals surface area contributed by atoms with Gasteiger partial charge >= 0.3 is 5.97 Å². The van der Waals surface area contributed by atoms with Crippen molar-refractivity contribution in [3.8, 4) is 0 Å². The monoisotopic (exact) mass is 248 g/mol. The standard InChI is InChI=1S/C14H20N2O2/c1-10(2)18-14(17)11-5-6-13(12(15)9-11)16-7-3-4-8-16/h5-6,9-10H,3-4,7-8,15H2,1-2H3. The van der Waals surface area contributed by atoms with Gasteiger partial charge in [-0.2, -0.15) is 0 Å². The topological polar surface area (TPSA) is 55.6 Å². The Labute approximate surface area is 108 Å². The third kappa shape index (κ3) is 2.75. The fourth-order valence-electron chi connectivity index (χ4n) is 2.21. The first-order chi connectivity index (χ1) is 8.58. The van der Waals surface area contributed by atoms with Crippen LogP contribution in [0.4, 0.5) is 11.4 Å². The molecule has 1 fully saturated rings. The maximum atomic E-state index is 11.7. The molecule has 0 aromatic heterocycles. The van der Waals surface area contributed by atoms with E-state index < -0.39 is 0 Å². The second-order valence-electron chi connectivity index (χ2n) is 4.92. The van der Waals surface area contributed by atoms with Gasteiger partial charge in [-0.25, -0.2) is 4.79 Å². The minimum atomic E-state index is -0.315. The predicted molar refractivity (Wildman–Crippen MR) is 72.9 cm³/mol. The van der Waals surface area contributed by atoms with Crippen LogP contribution in [0.1, 0.15) is 37.0 Å². The smallest absolute Gasteiger partial charge is 0.338 e. The van der Waals surface area contributed by atoms with Gasteiger partial charge in [0.1, 0.15) is 0 Å². The van der Waals surface area contributed by atoms with Crippen molar-refractivity contribution in [2.45, 2.75) is 32.8 Å². The molecule has 0 amide bonds. The van der Waals surface area contributed by atoms with Crippen LogP contribution in [-0.2, 0) is 4.74 Å². The van der Waals surface area contributed by atoms with Crippen LogP contribution in [0, 0.1) is 0 Å². The van der Waals surface area contributed by atoms with E-state index in [1.165, 1.54) is 12.8 Å². The molecule has 1 saturated heterocycles. The number of esters is 1. The number of hydrogen-bond acceptors (Lipinski definition) is 4. The molecular formula is C14H20N2O2. The molecule has 1 aromatic carbocycles. The van der Waals surface area contributed by atoms with E-state index in [0.29, 0.717) is 11.3 Å². The van der Waals surface area contributed by atoms with Gasteiger partial charge < -0.3 is 15.4 Å². The summed E-state index contributed by atoms with van der Waals surface area (Å²) in [6.45, 7) is 5.75. The fourth-order valence-corrected chi connectivity index (χ4v) is 2.21. The summed E-state index contributed by atoms with van der Waals surface area (Å²) in [5.74, 6) is -0.315. The summed E-state index contributed by atoms with van der Waals surface area (Å²) in [6.07, 6.45) is 2.30. The van der Waals surface area contributed by atoms with Gasteiger partial charge in [-0.05, 0) is 44.9 Å². The molecule has 98 valence electrons. The Kier molecular flexibility index (Phi) is 3.75. The van der Waals surface area contributed by atoms with E-state index in [-0.39, 0.29) is 12.1 Å². The van der Waals surface area contributed by atoms with Gasteiger partial charge in [0.2, 0.25) is 0 Å². The molecule has 1 aliphatic rings. The Morgan fingerprint density at radius 2 is 2.00 bits per heavy atom. The zero-order valence-corrected chi connectivity index (χ0v) is 11.0. The first kappa shape index (κ1) is 12.7. The van der Waals surface area contributed by atoms with Crippen LogP contribution in [0.3, 0.4) is 0 Å². The number of nitrogens with zero attached hydrogens (tertiary/aromatic N) is 1. The van der Waals surface area contributed by atoms with Crippen molar-refractivity contribution in [1.29, 1.82) is 0 Å². The summed E-state index contributed by atoms with van der Waals surface area (Å²) in [5, 5.41) is 0. The zero-order valence-electron chi connectivity index (χ0n) is 11.0. The van der Waals surface area contributed by atoms with Gasteiger partial charge in [-0.3, -0.25) is 0 Å². The number of anilines is 2. The molecule has 4 nitrogen and oxygen atoms in total.